The summed E-state index contributed by atoms with van der Waals surface area (Å²) in [5, 5.41) is 3.21. The maximum Gasteiger partial charge on any atom is 0.319 e. The van der Waals surface area contributed by atoms with E-state index >= 15 is 0 Å². The predicted octanol–water partition coefficient (Wildman–Crippen LogP) is 1.66. The summed E-state index contributed by atoms with van der Waals surface area (Å²) in [5.41, 5.74) is 1.11. The molecular formula is C13H17NO3. The summed E-state index contributed by atoms with van der Waals surface area (Å²) in [6.07, 6.45) is 0.871. The van der Waals surface area contributed by atoms with Gasteiger partial charge in [0.05, 0.1) is 19.8 Å². The molecule has 1 atom stereocenters. The molecule has 92 valence electrons. The van der Waals surface area contributed by atoms with E-state index in [2.05, 4.69) is 5.32 Å². The van der Waals surface area contributed by atoms with Crippen LogP contribution in [0.25, 0.3) is 0 Å². The molecule has 17 heavy (non-hydrogen) atoms. The number of para-hydroxylation sites is 1. The highest BCUT2D eigenvalue weighted by molar-refractivity contribution is 5.71. The Morgan fingerprint density at radius 3 is 3.18 bits per heavy atom. The summed E-state index contributed by atoms with van der Waals surface area (Å²) in [7, 11) is 0. The van der Waals surface area contributed by atoms with Gasteiger partial charge in [-0.25, -0.2) is 0 Å². The van der Waals surface area contributed by atoms with Gasteiger partial charge in [0.1, 0.15) is 5.75 Å². The molecule has 1 aromatic carbocycles. The number of carbonyl (C=O) groups is 1. The van der Waals surface area contributed by atoms with Crippen molar-refractivity contribution in [1.82, 2.24) is 5.32 Å². The third kappa shape index (κ3) is 2.97. The molecule has 0 fully saturated rings. The standard InChI is InChI=1S/C13H17NO3/c1-2-16-13(15)9-14-11-7-8-17-12-6-4-3-5-10(11)12/h3-6,11,14H,2,7-9H2,1H3. The normalized spacial score (nSPS) is 18.1. The van der Waals surface area contributed by atoms with Crippen LogP contribution in [0.1, 0.15) is 24.9 Å². The minimum atomic E-state index is -0.212. The zero-order chi connectivity index (χ0) is 12.1. The third-order valence-corrected chi connectivity index (χ3v) is 2.76. The molecule has 1 N–H and O–H groups in total. The molecule has 1 aliphatic rings. The summed E-state index contributed by atoms with van der Waals surface area (Å²) >= 11 is 0. The topological polar surface area (TPSA) is 47.6 Å². The lowest BCUT2D eigenvalue weighted by molar-refractivity contribution is -0.142. The van der Waals surface area contributed by atoms with Gasteiger partial charge in [-0.3, -0.25) is 10.1 Å². The number of rotatable bonds is 4. The second kappa shape index (κ2) is 5.68. The van der Waals surface area contributed by atoms with Crippen LogP contribution in [0.3, 0.4) is 0 Å². The number of nitrogens with one attached hydrogen (secondary N) is 1. The summed E-state index contributed by atoms with van der Waals surface area (Å²) in [4.78, 5) is 11.3. The fourth-order valence-corrected chi connectivity index (χ4v) is 1.97. The van der Waals surface area contributed by atoms with Gasteiger partial charge in [0, 0.05) is 18.0 Å². The van der Waals surface area contributed by atoms with Crippen molar-refractivity contribution >= 4 is 5.97 Å². The molecule has 0 saturated carbocycles. The van der Waals surface area contributed by atoms with Gasteiger partial charge < -0.3 is 9.47 Å². The minimum Gasteiger partial charge on any atom is -0.493 e. The number of esters is 1. The van der Waals surface area contributed by atoms with E-state index in [9.17, 15) is 4.79 Å². The van der Waals surface area contributed by atoms with Crippen molar-refractivity contribution in [2.24, 2.45) is 0 Å². The van der Waals surface area contributed by atoms with Crippen LogP contribution in [0.5, 0.6) is 5.75 Å². The van der Waals surface area contributed by atoms with E-state index in [1.165, 1.54) is 0 Å². The average molecular weight is 235 g/mol. The first-order chi connectivity index (χ1) is 8.31. The van der Waals surface area contributed by atoms with E-state index in [1.807, 2.05) is 31.2 Å². The summed E-state index contributed by atoms with van der Waals surface area (Å²) in [6.45, 7) is 3.15. The van der Waals surface area contributed by atoms with E-state index in [1.54, 1.807) is 0 Å². The van der Waals surface area contributed by atoms with E-state index in [0.29, 0.717) is 13.2 Å². The molecule has 1 unspecified atom stereocenters. The molecule has 2 rings (SSSR count). The Bertz CT molecular complexity index is 392. The molecule has 0 aliphatic carbocycles. The van der Waals surface area contributed by atoms with E-state index in [0.717, 1.165) is 17.7 Å². The van der Waals surface area contributed by atoms with Gasteiger partial charge in [0.25, 0.3) is 0 Å². The highest BCUT2D eigenvalue weighted by Gasteiger charge is 2.21. The van der Waals surface area contributed by atoms with E-state index in [-0.39, 0.29) is 18.6 Å². The van der Waals surface area contributed by atoms with Crippen LogP contribution >= 0.6 is 0 Å². The van der Waals surface area contributed by atoms with Crippen molar-refractivity contribution in [3.05, 3.63) is 29.8 Å². The van der Waals surface area contributed by atoms with Crippen LogP contribution in [0.2, 0.25) is 0 Å². The zero-order valence-electron chi connectivity index (χ0n) is 9.94. The summed E-state index contributed by atoms with van der Waals surface area (Å²) < 4.78 is 10.4. The highest BCUT2D eigenvalue weighted by Crippen LogP contribution is 2.31. The van der Waals surface area contributed by atoms with Crippen molar-refractivity contribution in [2.45, 2.75) is 19.4 Å². The van der Waals surface area contributed by atoms with Gasteiger partial charge in [0.2, 0.25) is 0 Å². The highest BCUT2D eigenvalue weighted by atomic mass is 16.5. The van der Waals surface area contributed by atoms with Crippen LogP contribution in [0.4, 0.5) is 0 Å². The average Bonchev–Trinajstić information content (AvgIpc) is 2.36. The van der Waals surface area contributed by atoms with Gasteiger partial charge >= 0.3 is 5.97 Å². The van der Waals surface area contributed by atoms with Crippen LogP contribution in [0, 0.1) is 0 Å². The van der Waals surface area contributed by atoms with E-state index < -0.39 is 0 Å². The maximum atomic E-state index is 11.3. The van der Waals surface area contributed by atoms with Crippen molar-refractivity contribution in [3.63, 3.8) is 0 Å². The molecule has 4 nitrogen and oxygen atoms in total. The second-order valence-electron chi connectivity index (χ2n) is 3.91. The van der Waals surface area contributed by atoms with Crippen LogP contribution < -0.4 is 10.1 Å². The smallest absolute Gasteiger partial charge is 0.319 e. The molecule has 0 saturated heterocycles. The summed E-state index contributed by atoms with van der Waals surface area (Å²) in [5.74, 6) is 0.691. The van der Waals surface area contributed by atoms with Crippen molar-refractivity contribution < 1.29 is 14.3 Å². The van der Waals surface area contributed by atoms with Gasteiger partial charge in [-0.2, -0.15) is 0 Å². The fourth-order valence-electron chi connectivity index (χ4n) is 1.97. The van der Waals surface area contributed by atoms with Crippen LogP contribution in [-0.2, 0) is 9.53 Å². The Balaban J connectivity index is 1.97. The molecule has 1 aliphatic heterocycles. The monoisotopic (exact) mass is 235 g/mol. The number of ether oxygens (including phenoxy) is 2. The number of hydrogen-bond donors (Lipinski definition) is 1. The van der Waals surface area contributed by atoms with Gasteiger partial charge in [-0.05, 0) is 13.0 Å². The molecule has 0 radical (unpaired) electrons. The van der Waals surface area contributed by atoms with Crippen molar-refractivity contribution in [3.8, 4) is 5.75 Å². The largest absolute Gasteiger partial charge is 0.493 e. The molecule has 4 heteroatoms. The van der Waals surface area contributed by atoms with Gasteiger partial charge in [-0.15, -0.1) is 0 Å². The number of hydrogen-bond acceptors (Lipinski definition) is 4. The Morgan fingerprint density at radius 2 is 2.35 bits per heavy atom. The Labute approximate surface area is 101 Å². The number of fused-ring (bicyclic) bond motifs is 1. The minimum absolute atomic E-state index is 0.171. The SMILES string of the molecule is CCOC(=O)CNC1CCOc2ccccc21. The summed E-state index contributed by atoms with van der Waals surface area (Å²) in [6, 6.07) is 8.08. The first-order valence-electron chi connectivity index (χ1n) is 5.92. The maximum absolute atomic E-state index is 11.3. The molecule has 0 aromatic heterocycles. The zero-order valence-corrected chi connectivity index (χ0v) is 9.94. The van der Waals surface area contributed by atoms with Gasteiger partial charge in [-0.1, -0.05) is 18.2 Å². The quantitative estimate of drug-likeness (QED) is 0.806. The lowest BCUT2D eigenvalue weighted by Gasteiger charge is -2.26. The molecule has 1 aromatic rings. The lowest BCUT2D eigenvalue weighted by Crippen LogP contribution is -2.32. The predicted molar refractivity (Wildman–Crippen MR) is 63.9 cm³/mol. The first-order valence-corrected chi connectivity index (χ1v) is 5.92. The van der Waals surface area contributed by atoms with Gasteiger partial charge in [0.15, 0.2) is 0 Å². The Morgan fingerprint density at radius 1 is 1.53 bits per heavy atom. The molecule has 0 spiro atoms. The second-order valence-corrected chi connectivity index (χ2v) is 3.91. The first kappa shape index (κ1) is 11.9. The van der Waals surface area contributed by atoms with Crippen molar-refractivity contribution in [2.75, 3.05) is 19.8 Å². The molecule has 0 amide bonds. The number of benzene rings is 1. The Kier molecular flexibility index (Phi) is 3.98. The molecule has 1 heterocycles. The molecular weight excluding hydrogens is 218 g/mol. The van der Waals surface area contributed by atoms with E-state index in [4.69, 9.17) is 9.47 Å². The lowest BCUT2D eigenvalue weighted by atomic mass is 10.0. The number of carbonyl (C=O) groups excluding carboxylic acids is 1. The fraction of sp³-hybridized carbons (Fsp3) is 0.462. The molecule has 0 bridgehead atoms. The van der Waals surface area contributed by atoms with Crippen molar-refractivity contribution in [1.29, 1.82) is 0 Å². The Hall–Kier alpha value is -1.55. The third-order valence-electron chi connectivity index (χ3n) is 2.76. The van der Waals surface area contributed by atoms with Crippen LogP contribution in [0.15, 0.2) is 24.3 Å². The van der Waals surface area contributed by atoms with Crippen LogP contribution in [-0.4, -0.2) is 25.7 Å².